The summed E-state index contributed by atoms with van der Waals surface area (Å²) in [6, 6.07) is 4.02. The molecule has 0 spiro atoms. The molecule has 1 aromatic heterocycles. The second kappa shape index (κ2) is 6.23. The Kier molecular flexibility index (Phi) is 4.61. The van der Waals surface area contributed by atoms with E-state index in [2.05, 4.69) is 20.5 Å². The molecule has 0 aliphatic rings. The summed E-state index contributed by atoms with van der Waals surface area (Å²) in [6.45, 7) is 3.51. The fraction of sp³-hybridized carbons (Fsp3) is 0.250. The summed E-state index contributed by atoms with van der Waals surface area (Å²) in [5.74, 6) is -0.0751. The van der Waals surface area contributed by atoms with Gasteiger partial charge in [-0.3, -0.25) is 9.89 Å². The second-order valence-corrected chi connectivity index (χ2v) is 5.80. The Balaban J connectivity index is 1.98. The van der Waals surface area contributed by atoms with Gasteiger partial charge in [-0.1, -0.05) is 23.4 Å². The van der Waals surface area contributed by atoms with E-state index in [1.807, 2.05) is 0 Å². The Bertz CT molecular complexity index is 634. The molecule has 5 nitrogen and oxygen atoms in total. The number of H-pyrrole nitrogens is 1. The highest BCUT2D eigenvalue weighted by Gasteiger charge is 2.17. The van der Waals surface area contributed by atoms with E-state index in [-0.39, 0.29) is 10.9 Å². The van der Waals surface area contributed by atoms with Gasteiger partial charge in [0.25, 0.3) is 0 Å². The van der Waals surface area contributed by atoms with E-state index in [1.54, 1.807) is 13.8 Å². The van der Waals surface area contributed by atoms with Gasteiger partial charge >= 0.3 is 0 Å². The summed E-state index contributed by atoms with van der Waals surface area (Å²) >= 11 is 6.88. The number of aryl methyl sites for hydroxylation is 1. The molecule has 1 unspecified atom stereocenters. The molecule has 106 valence electrons. The second-order valence-electron chi connectivity index (χ2n) is 4.08. The lowest BCUT2D eigenvalue weighted by molar-refractivity contribution is -0.115. The molecule has 0 saturated carbocycles. The van der Waals surface area contributed by atoms with Crippen molar-refractivity contribution in [1.29, 1.82) is 0 Å². The van der Waals surface area contributed by atoms with Gasteiger partial charge in [-0.05, 0) is 32.0 Å². The molecule has 0 fully saturated rings. The maximum Gasteiger partial charge on any atom is 0.237 e. The van der Waals surface area contributed by atoms with Crippen LogP contribution in [-0.2, 0) is 4.79 Å². The normalized spacial score (nSPS) is 12.2. The average molecular weight is 315 g/mol. The molecule has 2 aromatic rings. The highest BCUT2D eigenvalue weighted by atomic mass is 35.5. The van der Waals surface area contributed by atoms with Crippen LogP contribution in [0.4, 0.5) is 10.1 Å². The highest BCUT2D eigenvalue weighted by molar-refractivity contribution is 8.00. The zero-order valence-corrected chi connectivity index (χ0v) is 12.3. The van der Waals surface area contributed by atoms with Crippen LogP contribution in [-0.4, -0.2) is 26.3 Å². The van der Waals surface area contributed by atoms with E-state index in [4.69, 9.17) is 11.6 Å². The lowest BCUT2D eigenvalue weighted by Crippen LogP contribution is -2.22. The number of anilines is 1. The molecule has 2 rings (SSSR count). The summed E-state index contributed by atoms with van der Waals surface area (Å²) in [4.78, 5) is 16.1. The van der Waals surface area contributed by atoms with Crippen molar-refractivity contribution in [2.75, 3.05) is 5.32 Å². The average Bonchev–Trinajstić information content (AvgIpc) is 2.79. The molecule has 0 aliphatic carbocycles. The number of benzene rings is 1. The van der Waals surface area contributed by atoms with Crippen LogP contribution in [0.3, 0.4) is 0 Å². The third kappa shape index (κ3) is 3.71. The summed E-state index contributed by atoms with van der Waals surface area (Å²) in [7, 11) is 0. The Morgan fingerprint density at radius 3 is 2.90 bits per heavy atom. The van der Waals surface area contributed by atoms with Crippen molar-refractivity contribution in [3.8, 4) is 0 Å². The van der Waals surface area contributed by atoms with Gasteiger partial charge in [0.15, 0.2) is 0 Å². The SMILES string of the molecule is Cc1nc(SC(C)C(=O)Nc2ccc(F)c(Cl)c2)n[nH]1. The summed E-state index contributed by atoms with van der Waals surface area (Å²) < 4.78 is 13.0. The van der Waals surface area contributed by atoms with Crippen LogP contribution in [0.1, 0.15) is 12.7 Å². The standard InChI is InChI=1S/C12H12ClFN4OS/c1-6(20-12-15-7(2)17-18-12)11(19)16-8-3-4-10(14)9(13)5-8/h3-6H,1-2H3,(H,16,19)(H,15,17,18). The number of halogens is 2. The van der Waals surface area contributed by atoms with E-state index in [0.29, 0.717) is 16.7 Å². The maximum atomic E-state index is 13.0. The van der Waals surface area contributed by atoms with Crippen LogP contribution < -0.4 is 5.32 Å². The molecule has 1 atom stereocenters. The highest BCUT2D eigenvalue weighted by Crippen LogP contribution is 2.22. The Labute approximate surface area is 124 Å². The van der Waals surface area contributed by atoms with Gasteiger partial charge in [0.1, 0.15) is 11.6 Å². The Morgan fingerprint density at radius 2 is 2.30 bits per heavy atom. The van der Waals surface area contributed by atoms with Crippen molar-refractivity contribution in [3.63, 3.8) is 0 Å². The van der Waals surface area contributed by atoms with Crippen molar-refractivity contribution in [3.05, 3.63) is 34.9 Å². The van der Waals surface area contributed by atoms with Gasteiger partial charge in [-0.2, -0.15) is 0 Å². The van der Waals surface area contributed by atoms with Crippen LogP contribution in [0.15, 0.2) is 23.4 Å². The maximum absolute atomic E-state index is 13.0. The molecule has 0 bridgehead atoms. The van der Waals surface area contributed by atoms with Gasteiger partial charge in [-0.15, -0.1) is 5.10 Å². The van der Waals surface area contributed by atoms with E-state index in [9.17, 15) is 9.18 Å². The first kappa shape index (κ1) is 14.8. The molecule has 0 aliphatic heterocycles. The monoisotopic (exact) mass is 314 g/mol. The molecule has 1 amide bonds. The number of hydrogen-bond acceptors (Lipinski definition) is 4. The number of nitrogens with one attached hydrogen (secondary N) is 2. The summed E-state index contributed by atoms with van der Waals surface area (Å²) in [5, 5.41) is 9.38. The number of thioether (sulfide) groups is 1. The van der Waals surface area contributed by atoms with Crippen LogP contribution >= 0.6 is 23.4 Å². The lowest BCUT2D eigenvalue weighted by Gasteiger charge is -2.10. The molecule has 1 heterocycles. The van der Waals surface area contributed by atoms with Crippen molar-refractivity contribution in [2.45, 2.75) is 24.3 Å². The fourth-order valence-corrected chi connectivity index (χ4v) is 2.36. The minimum Gasteiger partial charge on any atom is -0.325 e. The molecule has 20 heavy (non-hydrogen) atoms. The number of aromatic nitrogens is 3. The van der Waals surface area contributed by atoms with E-state index < -0.39 is 11.1 Å². The largest absolute Gasteiger partial charge is 0.325 e. The molecule has 0 radical (unpaired) electrons. The van der Waals surface area contributed by atoms with Gasteiger partial charge < -0.3 is 5.32 Å². The number of nitrogens with zero attached hydrogens (tertiary/aromatic N) is 2. The van der Waals surface area contributed by atoms with E-state index in [1.165, 1.54) is 30.0 Å². The minimum atomic E-state index is -0.525. The summed E-state index contributed by atoms with van der Waals surface area (Å²) in [6.07, 6.45) is 0. The predicted octanol–water partition coefficient (Wildman–Crippen LogP) is 3.02. The van der Waals surface area contributed by atoms with Crippen molar-refractivity contribution >= 4 is 35.0 Å². The first-order valence-corrected chi connectivity index (χ1v) is 7.03. The van der Waals surface area contributed by atoms with E-state index in [0.717, 1.165) is 0 Å². The predicted molar refractivity (Wildman–Crippen MR) is 76.5 cm³/mol. The van der Waals surface area contributed by atoms with Crippen LogP contribution in [0.25, 0.3) is 0 Å². The minimum absolute atomic E-state index is 0.0345. The smallest absolute Gasteiger partial charge is 0.237 e. The van der Waals surface area contributed by atoms with Crippen molar-refractivity contribution < 1.29 is 9.18 Å². The number of carbonyl (C=O) groups is 1. The van der Waals surface area contributed by atoms with E-state index >= 15 is 0 Å². The van der Waals surface area contributed by atoms with Gasteiger partial charge in [-0.25, -0.2) is 9.37 Å². The topological polar surface area (TPSA) is 70.7 Å². The molecule has 2 N–H and O–H groups in total. The first-order valence-electron chi connectivity index (χ1n) is 5.77. The zero-order chi connectivity index (χ0) is 14.7. The third-order valence-electron chi connectivity index (χ3n) is 2.42. The van der Waals surface area contributed by atoms with Crippen LogP contribution in [0.5, 0.6) is 0 Å². The summed E-state index contributed by atoms with van der Waals surface area (Å²) in [5.41, 5.74) is 0.444. The van der Waals surface area contributed by atoms with Gasteiger partial charge in [0.05, 0.1) is 10.3 Å². The fourth-order valence-electron chi connectivity index (χ4n) is 1.40. The Morgan fingerprint density at radius 1 is 1.55 bits per heavy atom. The van der Waals surface area contributed by atoms with Gasteiger partial charge in [0.2, 0.25) is 11.1 Å². The molecule has 1 aromatic carbocycles. The quantitative estimate of drug-likeness (QED) is 0.851. The van der Waals surface area contributed by atoms with Crippen LogP contribution in [0.2, 0.25) is 5.02 Å². The number of rotatable bonds is 4. The molecular formula is C12H12ClFN4OS. The first-order chi connectivity index (χ1) is 9.45. The third-order valence-corrected chi connectivity index (χ3v) is 3.67. The van der Waals surface area contributed by atoms with Gasteiger partial charge in [0, 0.05) is 5.69 Å². The molecule has 8 heteroatoms. The zero-order valence-electron chi connectivity index (χ0n) is 10.8. The number of hydrogen-bond donors (Lipinski definition) is 2. The number of amides is 1. The van der Waals surface area contributed by atoms with Crippen LogP contribution in [0, 0.1) is 12.7 Å². The van der Waals surface area contributed by atoms with Crippen molar-refractivity contribution in [2.24, 2.45) is 0 Å². The molecule has 0 saturated heterocycles. The Hall–Kier alpha value is -1.60. The molecular weight excluding hydrogens is 303 g/mol. The number of carbonyl (C=O) groups excluding carboxylic acids is 1. The lowest BCUT2D eigenvalue weighted by atomic mass is 10.3. The van der Waals surface area contributed by atoms with Crippen molar-refractivity contribution in [1.82, 2.24) is 15.2 Å². The number of aromatic amines is 1.